The van der Waals surface area contributed by atoms with Gasteiger partial charge in [-0.05, 0) is 5.56 Å². The Bertz CT molecular complexity index is 252. The third-order valence-electron chi connectivity index (χ3n) is 1.35. The van der Waals surface area contributed by atoms with Crippen LogP contribution in [0.15, 0.2) is 30.3 Å². The van der Waals surface area contributed by atoms with E-state index in [2.05, 4.69) is 0 Å². The summed E-state index contributed by atoms with van der Waals surface area (Å²) in [5.41, 5.74) is 0.485. The summed E-state index contributed by atoms with van der Waals surface area (Å²) >= 11 is 0. The van der Waals surface area contributed by atoms with Gasteiger partial charge in [0.2, 0.25) is 8.03 Å². The molecule has 5 heteroatoms. The fourth-order valence-corrected chi connectivity index (χ4v) is 1.26. The average molecular weight is 186 g/mol. The summed E-state index contributed by atoms with van der Waals surface area (Å²) in [6.07, 6.45) is 0. The molecular formula is C7H12BO3P. The Hall–Kier alpha value is -0.565. The topological polar surface area (TPSA) is 57.5 Å². The lowest BCUT2D eigenvalue weighted by atomic mass is 10.2. The zero-order valence-corrected chi connectivity index (χ0v) is 6.77. The molecule has 2 unspecified atom stereocenters. The molecule has 0 radical (unpaired) electrons. The normalized spacial score (nSPS) is 14.5. The fourth-order valence-electron chi connectivity index (χ4n) is 0.778. The van der Waals surface area contributed by atoms with Crippen LogP contribution in [-0.2, 0) is 4.57 Å². The van der Waals surface area contributed by atoms with Crippen molar-refractivity contribution in [2.75, 3.05) is 0 Å². The zero-order valence-electron chi connectivity index (χ0n) is 5.77. The number of aliphatic hydroxyl groups is 1. The van der Waals surface area contributed by atoms with Gasteiger partial charge in [-0.2, -0.15) is 0 Å². The summed E-state index contributed by atoms with van der Waals surface area (Å²) in [6.45, 7) is 0. The van der Waals surface area contributed by atoms with Gasteiger partial charge >= 0.3 is 0 Å². The van der Waals surface area contributed by atoms with Gasteiger partial charge in [0.05, 0.1) is 8.41 Å². The summed E-state index contributed by atoms with van der Waals surface area (Å²) in [5, 5.41) is 9.08. The average Bonchev–Trinajstić information content (AvgIpc) is 2.05. The van der Waals surface area contributed by atoms with Crippen molar-refractivity contribution < 1.29 is 14.6 Å². The molecule has 0 spiro atoms. The molecule has 0 amide bonds. The summed E-state index contributed by atoms with van der Waals surface area (Å²) in [5.74, 6) is -1.22. The Morgan fingerprint density at radius 2 is 1.75 bits per heavy atom. The standard InChI is InChI=1S/C7H9O3P.BH3/c8-7(11(9)10)6-4-2-1-3-5-6;/h1-5,7-8,11H,(H,9,10);1H3. The number of hydrogen-bond donors (Lipinski definition) is 2. The van der Waals surface area contributed by atoms with E-state index in [4.69, 9.17) is 10.00 Å². The van der Waals surface area contributed by atoms with Gasteiger partial charge in [-0.3, -0.25) is 4.57 Å². The second-order valence-electron chi connectivity index (χ2n) is 2.15. The van der Waals surface area contributed by atoms with Gasteiger partial charge in [0.1, 0.15) is 0 Å². The number of hydrogen-bond acceptors (Lipinski definition) is 2. The Kier molecular flexibility index (Phi) is 4.90. The number of benzene rings is 1. The molecule has 1 rings (SSSR count). The maximum atomic E-state index is 10.4. The van der Waals surface area contributed by atoms with E-state index in [1.54, 1.807) is 30.3 Å². The first-order valence-electron chi connectivity index (χ1n) is 3.17. The van der Waals surface area contributed by atoms with Crippen LogP contribution in [0, 0.1) is 0 Å². The molecule has 2 N–H and O–H groups in total. The van der Waals surface area contributed by atoms with Gasteiger partial charge in [-0.15, -0.1) is 0 Å². The van der Waals surface area contributed by atoms with Crippen LogP contribution >= 0.6 is 8.03 Å². The molecule has 2 atom stereocenters. The monoisotopic (exact) mass is 186 g/mol. The molecule has 0 aliphatic heterocycles. The Labute approximate surface area is 73.5 Å². The molecule has 0 bridgehead atoms. The highest BCUT2D eigenvalue weighted by Crippen LogP contribution is 2.34. The molecule has 0 saturated carbocycles. The second kappa shape index (κ2) is 5.15. The Balaban J connectivity index is 0.00000121. The maximum absolute atomic E-state index is 10.4. The van der Waals surface area contributed by atoms with Crippen LogP contribution in [0.1, 0.15) is 11.4 Å². The molecule has 0 aliphatic carbocycles. The van der Waals surface area contributed by atoms with Crippen molar-refractivity contribution in [2.24, 2.45) is 0 Å². The van der Waals surface area contributed by atoms with Gasteiger partial charge in [-0.1, -0.05) is 30.3 Å². The lowest BCUT2D eigenvalue weighted by Crippen LogP contribution is -1.89. The van der Waals surface area contributed by atoms with E-state index >= 15 is 0 Å². The summed E-state index contributed by atoms with van der Waals surface area (Å²) in [4.78, 5) is 8.57. The first-order chi connectivity index (χ1) is 5.22. The number of rotatable bonds is 2. The molecular weight excluding hydrogens is 174 g/mol. The van der Waals surface area contributed by atoms with Crippen molar-refractivity contribution in [1.29, 1.82) is 0 Å². The summed E-state index contributed by atoms with van der Waals surface area (Å²) < 4.78 is 10.4. The van der Waals surface area contributed by atoms with E-state index in [0.717, 1.165) is 0 Å². The fraction of sp³-hybridized carbons (Fsp3) is 0.143. The van der Waals surface area contributed by atoms with Crippen molar-refractivity contribution in [2.45, 2.75) is 5.85 Å². The molecule has 0 saturated heterocycles. The lowest BCUT2D eigenvalue weighted by molar-refractivity contribution is 0.243. The first-order valence-corrected chi connectivity index (χ1v) is 4.61. The first kappa shape index (κ1) is 11.4. The molecule has 66 valence electrons. The molecule has 0 heterocycles. The smallest absolute Gasteiger partial charge is 0.221 e. The van der Waals surface area contributed by atoms with Crippen LogP contribution < -0.4 is 0 Å². The van der Waals surface area contributed by atoms with Crippen molar-refractivity contribution >= 4 is 16.4 Å². The quantitative estimate of drug-likeness (QED) is 0.503. The van der Waals surface area contributed by atoms with Crippen molar-refractivity contribution in [3.05, 3.63) is 35.9 Å². The SMILES string of the molecule is B.O=[PH](O)C(O)c1ccccc1. The van der Waals surface area contributed by atoms with Crippen LogP contribution in [0.5, 0.6) is 0 Å². The van der Waals surface area contributed by atoms with Crippen molar-refractivity contribution in [3.63, 3.8) is 0 Å². The molecule has 12 heavy (non-hydrogen) atoms. The van der Waals surface area contributed by atoms with E-state index in [1.807, 2.05) is 0 Å². The van der Waals surface area contributed by atoms with Crippen LogP contribution in [-0.4, -0.2) is 18.4 Å². The van der Waals surface area contributed by atoms with Crippen LogP contribution in [0.4, 0.5) is 0 Å². The second-order valence-corrected chi connectivity index (χ2v) is 3.37. The maximum Gasteiger partial charge on any atom is 0.221 e. The molecule has 0 fully saturated rings. The predicted molar refractivity (Wildman–Crippen MR) is 52.6 cm³/mol. The summed E-state index contributed by atoms with van der Waals surface area (Å²) in [7, 11) is -2.86. The van der Waals surface area contributed by atoms with Crippen LogP contribution in [0.2, 0.25) is 0 Å². The van der Waals surface area contributed by atoms with Crippen LogP contribution in [0.25, 0.3) is 0 Å². The van der Waals surface area contributed by atoms with Gasteiger partial charge in [0.25, 0.3) is 0 Å². The molecule has 0 aliphatic rings. The van der Waals surface area contributed by atoms with Crippen molar-refractivity contribution in [3.8, 4) is 0 Å². The number of aliphatic hydroxyl groups excluding tert-OH is 1. The van der Waals surface area contributed by atoms with Gasteiger partial charge in [0, 0.05) is 0 Å². The van der Waals surface area contributed by atoms with E-state index in [0.29, 0.717) is 5.56 Å². The lowest BCUT2D eigenvalue weighted by Gasteiger charge is -2.04. The molecule has 1 aromatic rings. The highest BCUT2D eigenvalue weighted by molar-refractivity contribution is 7.38. The Morgan fingerprint density at radius 1 is 1.25 bits per heavy atom. The van der Waals surface area contributed by atoms with Crippen molar-refractivity contribution in [1.82, 2.24) is 0 Å². The van der Waals surface area contributed by atoms with E-state index in [9.17, 15) is 4.57 Å². The van der Waals surface area contributed by atoms with Gasteiger partial charge in [0.15, 0.2) is 5.85 Å². The largest absolute Gasteiger partial charge is 0.378 e. The summed E-state index contributed by atoms with van der Waals surface area (Å²) in [6, 6.07) is 8.43. The minimum absolute atomic E-state index is 0. The van der Waals surface area contributed by atoms with E-state index in [-0.39, 0.29) is 8.41 Å². The van der Waals surface area contributed by atoms with E-state index in [1.165, 1.54) is 0 Å². The molecule has 3 nitrogen and oxygen atoms in total. The molecule has 1 aromatic carbocycles. The predicted octanol–water partition coefficient (Wildman–Crippen LogP) is -0.0394. The van der Waals surface area contributed by atoms with E-state index < -0.39 is 13.9 Å². The van der Waals surface area contributed by atoms with Gasteiger partial charge in [-0.25, -0.2) is 0 Å². The molecule has 0 aromatic heterocycles. The minimum Gasteiger partial charge on any atom is -0.378 e. The zero-order chi connectivity index (χ0) is 8.27. The third-order valence-corrected chi connectivity index (χ3v) is 2.15. The Morgan fingerprint density at radius 3 is 2.17 bits per heavy atom. The highest BCUT2D eigenvalue weighted by Gasteiger charge is 2.10. The highest BCUT2D eigenvalue weighted by atomic mass is 31.1. The van der Waals surface area contributed by atoms with Gasteiger partial charge < -0.3 is 10.00 Å². The minimum atomic E-state index is -2.86. The third kappa shape index (κ3) is 2.82. The van der Waals surface area contributed by atoms with Crippen LogP contribution in [0.3, 0.4) is 0 Å².